The van der Waals surface area contributed by atoms with E-state index < -0.39 is 5.91 Å². The largest absolute Gasteiger partial charge is 0.497 e. The number of nitrogens with zero attached hydrogens (tertiary/aromatic N) is 3. The van der Waals surface area contributed by atoms with E-state index in [4.69, 9.17) is 25.8 Å². The number of fused-ring (bicyclic) bond motifs is 3. The van der Waals surface area contributed by atoms with Gasteiger partial charge in [0.2, 0.25) is 0 Å². The van der Waals surface area contributed by atoms with Gasteiger partial charge in [0.25, 0.3) is 11.5 Å². The Bertz CT molecular complexity index is 1720. The van der Waals surface area contributed by atoms with Crippen molar-refractivity contribution in [1.82, 2.24) is 14.3 Å². The van der Waals surface area contributed by atoms with Gasteiger partial charge in [-0.2, -0.15) is 9.78 Å². The van der Waals surface area contributed by atoms with Gasteiger partial charge in [-0.05, 0) is 36.4 Å². The molecule has 9 nitrogen and oxygen atoms in total. The lowest BCUT2D eigenvalue weighted by Gasteiger charge is -2.14. The number of carbonyl (C=O) groups is 1. The minimum absolute atomic E-state index is 0.0659. The number of para-hydroxylation sites is 1. The zero-order valence-electron chi connectivity index (χ0n) is 20.5. The molecule has 188 valence electrons. The van der Waals surface area contributed by atoms with Gasteiger partial charge in [-0.15, -0.1) is 0 Å². The van der Waals surface area contributed by atoms with Crippen molar-refractivity contribution < 1.29 is 19.0 Å². The van der Waals surface area contributed by atoms with Crippen molar-refractivity contribution in [3.8, 4) is 22.9 Å². The van der Waals surface area contributed by atoms with Gasteiger partial charge in [-0.25, -0.2) is 0 Å². The summed E-state index contributed by atoms with van der Waals surface area (Å²) in [5, 5.41) is 8.86. The number of carbonyl (C=O) groups excluding carboxylic acids is 1. The van der Waals surface area contributed by atoms with Crippen molar-refractivity contribution in [2.75, 3.05) is 26.6 Å². The number of aromatic nitrogens is 3. The summed E-state index contributed by atoms with van der Waals surface area (Å²) in [5.74, 6) is 0.846. The summed E-state index contributed by atoms with van der Waals surface area (Å²) in [5.41, 5.74) is 1.66. The summed E-state index contributed by atoms with van der Waals surface area (Å²) in [6.45, 7) is 0. The molecule has 5 rings (SSSR count). The smallest absolute Gasteiger partial charge is 0.296 e. The number of amides is 1. The van der Waals surface area contributed by atoms with Gasteiger partial charge in [0.15, 0.2) is 5.69 Å². The van der Waals surface area contributed by atoms with Crippen LogP contribution in [0.25, 0.3) is 27.5 Å². The Hall–Kier alpha value is -4.50. The van der Waals surface area contributed by atoms with Crippen LogP contribution in [0.3, 0.4) is 0 Å². The molecular weight excluding hydrogens is 496 g/mol. The highest BCUT2D eigenvalue weighted by Crippen LogP contribution is 2.36. The molecule has 1 amide bonds. The summed E-state index contributed by atoms with van der Waals surface area (Å²) >= 11 is 6.31. The monoisotopic (exact) mass is 518 g/mol. The molecule has 10 heteroatoms. The maximum Gasteiger partial charge on any atom is 0.296 e. The number of hydrogen-bond donors (Lipinski definition) is 1. The zero-order valence-corrected chi connectivity index (χ0v) is 21.3. The fourth-order valence-electron chi connectivity index (χ4n) is 4.38. The number of anilines is 1. The van der Waals surface area contributed by atoms with Crippen LogP contribution in [0.1, 0.15) is 10.5 Å². The summed E-state index contributed by atoms with van der Waals surface area (Å²) in [6.07, 6.45) is 0. The zero-order chi connectivity index (χ0) is 26.3. The molecule has 0 atom stereocenters. The van der Waals surface area contributed by atoms with Crippen LogP contribution in [0.5, 0.6) is 17.2 Å². The van der Waals surface area contributed by atoms with Crippen molar-refractivity contribution in [3.63, 3.8) is 0 Å². The second-order valence-corrected chi connectivity index (χ2v) is 8.61. The molecule has 2 heterocycles. The van der Waals surface area contributed by atoms with Crippen molar-refractivity contribution >= 4 is 45.0 Å². The number of nitrogens with one attached hydrogen (secondary N) is 1. The molecule has 0 aliphatic rings. The molecule has 2 aromatic heterocycles. The Balaban J connectivity index is 1.75. The molecule has 0 saturated carbocycles. The lowest BCUT2D eigenvalue weighted by atomic mass is 10.1. The van der Waals surface area contributed by atoms with Gasteiger partial charge in [-0.3, -0.25) is 9.59 Å². The van der Waals surface area contributed by atoms with Crippen LogP contribution in [0.15, 0.2) is 65.5 Å². The number of rotatable bonds is 6. The van der Waals surface area contributed by atoms with Crippen LogP contribution in [-0.2, 0) is 7.05 Å². The Kier molecular flexibility index (Phi) is 6.22. The standard InChI is InChI=1S/C27H23ClN4O5/c1-31-20-8-6-5-7-17(20)23-24(26(33)29-19-13-18(28)21(36-3)14-22(19)37-4)30-32(27(34)25(23)31)15-9-11-16(35-2)12-10-15/h5-14H,1-4H3,(H,29,33). The van der Waals surface area contributed by atoms with Gasteiger partial charge >= 0.3 is 0 Å². The molecule has 1 N–H and O–H groups in total. The van der Waals surface area contributed by atoms with Crippen LogP contribution in [-0.4, -0.2) is 41.6 Å². The van der Waals surface area contributed by atoms with Crippen LogP contribution < -0.4 is 25.1 Å². The molecular formula is C27H23ClN4O5. The Labute approximate surface area is 216 Å². The highest BCUT2D eigenvalue weighted by molar-refractivity contribution is 6.32. The average Bonchev–Trinajstić information content (AvgIpc) is 3.22. The van der Waals surface area contributed by atoms with E-state index in [0.29, 0.717) is 44.5 Å². The number of aryl methyl sites for hydroxylation is 1. The first kappa shape index (κ1) is 24.2. The number of hydrogen-bond acceptors (Lipinski definition) is 6. The number of halogens is 1. The van der Waals surface area contributed by atoms with Crippen molar-refractivity contribution in [2.24, 2.45) is 7.05 Å². The maximum absolute atomic E-state index is 13.8. The van der Waals surface area contributed by atoms with E-state index >= 15 is 0 Å². The van der Waals surface area contributed by atoms with E-state index in [2.05, 4.69) is 10.4 Å². The summed E-state index contributed by atoms with van der Waals surface area (Å²) in [4.78, 5) is 27.5. The molecule has 0 spiro atoms. The SMILES string of the molecule is COc1ccc(-n2nc(C(=O)Nc3cc(Cl)c(OC)cc3OC)c3c4ccccc4n(C)c3c2=O)cc1. The molecule has 0 saturated heterocycles. The van der Waals surface area contributed by atoms with Crippen molar-refractivity contribution in [3.05, 3.63) is 81.7 Å². The van der Waals surface area contributed by atoms with Gasteiger partial charge in [0, 0.05) is 29.4 Å². The quantitative estimate of drug-likeness (QED) is 0.346. The highest BCUT2D eigenvalue weighted by atomic mass is 35.5. The third kappa shape index (κ3) is 4.03. The first-order chi connectivity index (χ1) is 17.9. The second kappa shape index (κ2) is 9.51. The third-order valence-electron chi connectivity index (χ3n) is 6.19. The fourth-order valence-corrected chi connectivity index (χ4v) is 4.62. The Morgan fingerprint density at radius 2 is 1.65 bits per heavy atom. The van der Waals surface area contributed by atoms with E-state index in [9.17, 15) is 9.59 Å². The summed E-state index contributed by atoms with van der Waals surface area (Å²) < 4.78 is 18.9. The van der Waals surface area contributed by atoms with Crippen molar-refractivity contribution in [1.29, 1.82) is 0 Å². The third-order valence-corrected chi connectivity index (χ3v) is 6.49. The number of ether oxygens (including phenoxy) is 3. The second-order valence-electron chi connectivity index (χ2n) is 8.20. The number of methoxy groups -OCH3 is 3. The Morgan fingerprint density at radius 1 is 0.946 bits per heavy atom. The van der Waals surface area contributed by atoms with Gasteiger partial charge in [0.1, 0.15) is 22.8 Å². The summed E-state index contributed by atoms with van der Waals surface area (Å²) in [7, 11) is 6.31. The predicted molar refractivity (Wildman–Crippen MR) is 143 cm³/mol. The normalized spacial score (nSPS) is 11.1. The van der Waals surface area contributed by atoms with E-state index in [1.165, 1.54) is 25.0 Å². The minimum Gasteiger partial charge on any atom is -0.497 e. The molecule has 0 unspecified atom stereocenters. The molecule has 37 heavy (non-hydrogen) atoms. The lowest BCUT2D eigenvalue weighted by molar-refractivity contribution is 0.102. The predicted octanol–water partition coefficient (Wildman–Crippen LogP) is 4.81. The highest BCUT2D eigenvalue weighted by Gasteiger charge is 2.24. The maximum atomic E-state index is 13.8. The first-order valence-electron chi connectivity index (χ1n) is 11.3. The fraction of sp³-hybridized carbons (Fsp3) is 0.148. The van der Waals surface area contributed by atoms with E-state index in [0.717, 1.165) is 10.9 Å². The van der Waals surface area contributed by atoms with E-state index in [-0.39, 0.29) is 11.3 Å². The van der Waals surface area contributed by atoms with E-state index in [1.54, 1.807) is 49.1 Å². The Morgan fingerprint density at radius 3 is 2.32 bits per heavy atom. The number of benzene rings is 3. The molecule has 0 aliphatic carbocycles. The van der Waals surface area contributed by atoms with E-state index in [1.807, 2.05) is 24.3 Å². The van der Waals surface area contributed by atoms with Crippen LogP contribution in [0.4, 0.5) is 5.69 Å². The first-order valence-corrected chi connectivity index (χ1v) is 11.6. The molecule has 0 aliphatic heterocycles. The molecule has 0 radical (unpaired) electrons. The van der Waals surface area contributed by atoms with Gasteiger partial charge < -0.3 is 24.1 Å². The van der Waals surface area contributed by atoms with Crippen LogP contribution >= 0.6 is 11.6 Å². The van der Waals surface area contributed by atoms with Crippen molar-refractivity contribution in [2.45, 2.75) is 0 Å². The summed E-state index contributed by atoms with van der Waals surface area (Å²) in [6, 6.07) is 17.4. The molecule has 5 aromatic rings. The molecule has 0 fully saturated rings. The van der Waals surface area contributed by atoms with Gasteiger partial charge in [-0.1, -0.05) is 29.8 Å². The topological polar surface area (TPSA) is 96.6 Å². The lowest BCUT2D eigenvalue weighted by Crippen LogP contribution is -2.27. The minimum atomic E-state index is -0.539. The van der Waals surface area contributed by atoms with Crippen LogP contribution in [0.2, 0.25) is 5.02 Å². The van der Waals surface area contributed by atoms with Gasteiger partial charge in [0.05, 0.1) is 37.7 Å². The molecule has 0 bridgehead atoms. The molecule has 3 aromatic carbocycles. The van der Waals surface area contributed by atoms with Crippen LogP contribution in [0, 0.1) is 0 Å². The average molecular weight is 519 g/mol.